The van der Waals surface area contributed by atoms with Crippen LogP contribution in [0.4, 0.5) is 4.79 Å². The first-order valence-corrected chi connectivity index (χ1v) is 8.05. The highest BCUT2D eigenvalue weighted by Gasteiger charge is 2.32. The lowest BCUT2D eigenvalue weighted by atomic mass is 10.0. The maximum atomic E-state index is 12.0. The zero-order chi connectivity index (χ0) is 16.9. The van der Waals surface area contributed by atoms with Gasteiger partial charge in [-0.15, -0.1) is 0 Å². The second-order valence-electron chi connectivity index (χ2n) is 7.46. The Morgan fingerprint density at radius 1 is 1.36 bits per heavy atom. The predicted octanol–water partition coefficient (Wildman–Crippen LogP) is 2.47. The minimum atomic E-state index is -0.780. The maximum absolute atomic E-state index is 12.0. The number of aliphatic carboxylic acids is 1. The number of hydrogen-bond acceptors (Lipinski definition) is 4. The summed E-state index contributed by atoms with van der Waals surface area (Å²) in [6, 6.07) is -0.537. The van der Waals surface area contributed by atoms with Gasteiger partial charge in [0.25, 0.3) is 0 Å². The Balaban J connectivity index is 2.64. The van der Waals surface area contributed by atoms with E-state index in [0.717, 1.165) is 19.4 Å². The van der Waals surface area contributed by atoms with Crippen LogP contribution in [-0.4, -0.2) is 52.8 Å². The zero-order valence-electron chi connectivity index (χ0n) is 14.4. The van der Waals surface area contributed by atoms with Crippen LogP contribution in [0.2, 0.25) is 0 Å². The molecule has 1 saturated heterocycles. The molecule has 0 spiro atoms. The van der Waals surface area contributed by atoms with Gasteiger partial charge >= 0.3 is 12.1 Å². The van der Waals surface area contributed by atoms with Crippen molar-refractivity contribution in [2.24, 2.45) is 5.92 Å². The van der Waals surface area contributed by atoms with Crippen molar-refractivity contribution in [1.29, 1.82) is 0 Å². The van der Waals surface area contributed by atoms with Gasteiger partial charge in [0.1, 0.15) is 11.6 Å². The topological polar surface area (TPSA) is 78.9 Å². The number of nitrogens with zero attached hydrogens (tertiary/aromatic N) is 1. The Hall–Kier alpha value is -1.30. The Bertz CT molecular complexity index is 390. The highest BCUT2D eigenvalue weighted by atomic mass is 16.6. The van der Waals surface area contributed by atoms with Crippen LogP contribution in [0.3, 0.4) is 0 Å². The van der Waals surface area contributed by atoms with E-state index in [1.54, 1.807) is 0 Å². The highest BCUT2D eigenvalue weighted by molar-refractivity contribution is 5.73. The summed E-state index contributed by atoms with van der Waals surface area (Å²) in [6.07, 6.45) is 1.92. The molecule has 0 aromatic heterocycles. The molecule has 0 aromatic carbocycles. The van der Waals surface area contributed by atoms with E-state index in [2.05, 4.69) is 19.2 Å². The Morgan fingerprint density at radius 3 is 2.50 bits per heavy atom. The monoisotopic (exact) mass is 314 g/mol. The summed E-state index contributed by atoms with van der Waals surface area (Å²) in [7, 11) is 0. The lowest BCUT2D eigenvalue weighted by Gasteiger charge is -2.29. The SMILES string of the molecule is CC(C)C[C@@H](CN1CCC[C@H]1C(=O)O)NC(=O)OC(C)(C)C. The van der Waals surface area contributed by atoms with Gasteiger partial charge in [-0.2, -0.15) is 0 Å². The van der Waals surface area contributed by atoms with E-state index in [0.29, 0.717) is 18.9 Å². The number of ether oxygens (including phenoxy) is 1. The molecule has 0 aliphatic carbocycles. The lowest BCUT2D eigenvalue weighted by molar-refractivity contribution is -0.142. The van der Waals surface area contributed by atoms with Crippen molar-refractivity contribution in [2.75, 3.05) is 13.1 Å². The first-order valence-electron chi connectivity index (χ1n) is 8.05. The van der Waals surface area contributed by atoms with Crippen LogP contribution < -0.4 is 5.32 Å². The van der Waals surface area contributed by atoms with E-state index >= 15 is 0 Å². The number of rotatable bonds is 6. The molecule has 6 nitrogen and oxygen atoms in total. The van der Waals surface area contributed by atoms with Gasteiger partial charge < -0.3 is 15.2 Å². The van der Waals surface area contributed by atoms with Gasteiger partial charge in [0.05, 0.1) is 0 Å². The van der Waals surface area contributed by atoms with E-state index in [4.69, 9.17) is 4.74 Å². The fourth-order valence-corrected chi connectivity index (χ4v) is 2.83. The fraction of sp³-hybridized carbons (Fsp3) is 0.875. The van der Waals surface area contributed by atoms with Gasteiger partial charge in [-0.1, -0.05) is 13.8 Å². The molecule has 0 saturated carbocycles. The van der Waals surface area contributed by atoms with Crippen LogP contribution >= 0.6 is 0 Å². The summed E-state index contributed by atoms with van der Waals surface area (Å²) in [5.74, 6) is -0.371. The average molecular weight is 314 g/mol. The molecule has 1 aliphatic heterocycles. The number of carboxylic acids is 1. The average Bonchev–Trinajstić information content (AvgIpc) is 2.72. The van der Waals surface area contributed by atoms with Gasteiger partial charge in [-0.3, -0.25) is 9.69 Å². The summed E-state index contributed by atoms with van der Waals surface area (Å²) in [4.78, 5) is 25.2. The molecular formula is C16H30N2O4. The first kappa shape index (κ1) is 18.7. The molecule has 1 amide bonds. The molecule has 0 bridgehead atoms. The maximum Gasteiger partial charge on any atom is 0.407 e. The quantitative estimate of drug-likeness (QED) is 0.787. The van der Waals surface area contributed by atoms with E-state index in [1.165, 1.54) is 0 Å². The lowest BCUT2D eigenvalue weighted by Crippen LogP contribution is -2.48. The van der Waals surface area contributed by atoms with Crippen LogP contribution in [0.25, 0.3) is 0 Å². The molecule has 1 rings (SSSR count). The number of carboxylic acid groups (broad SMARTS) is 1. The number of alkyl carbamates (subject to hydrolysis) is 1. The normalized spacial score (nSPS) is 20.9. The summed E-state index contributed by atoms with van der Waals surface area (Å²) < 4.78 is 5.30. The zero-order valence-corrected chi connectivity index (χ0v) is 14.4. The number of nitrogens with one attached hydrogen (secondary N) is 1. The second kappa shape index (κ2) is 7.81. The summed E-state index contributed by atoms with van der Waals surface area (Å²) >= 11 is 0. The minimum absolute atomic E-state index is 0.102. The largest absolute Gasteiger partial charge is 0.480 e. The molecule has 1 fully saturated rings. The molecule has 2 atom stereocenters. The van der Waals surface area contributed by atoms with Gasteiger partial charge in [-0.05, 0) is 52.5 Å². The van der Waals surface area contributed by atoms with E-state index in [-0.39, 0.29) is 6.04 Å². The van der Waals surface area contributed by atoms with Gasteiger partial charge in [0.2, 0.25) is 0 Å². The standard InChI is InChI=1S/C16H30N2O4/c1-11(2)9-12(17-15(21)22-16(3,4)5)10-18-8-6-7-13(18)14(19)20/h11-13H,6-10H2,1-5H3,(H,17,21)(H,19,20)/t12-,13-/m0/s1. The molecule has 6 heteroatoms. The Morgan fingerprint density at radius 2 is 2.00 bits per heavy atom. The molecule has 0 aromatic rings. The van der Waals surface area contributed by atoms with Crippen molar-refractivity contribution in [2.45, 2.75) is 71.6 Å². The molecule has 0 unspecified atom stereocenters. The summed E-state index contributed by atoms with van der Waals surface area (Å²) in [5.41, 5.74) is -0.538. The van der Waals surface area contributed by atoms with E-state index < -0.39 is 23.7 Å². The molecule has 128 valence electrons. The van der Waals surface area contributed by atoms with Crippen LogP contribution in [0, 0.1) is 5.92 Å². The molecule has 2 N–H and O–H groups in total. The third-order valence-electron chi connectivity index (χ3n) is 3.58. The molecule has 1 aliphatic rings. The molecular weight excluding hydrogens is 284 g/mol. The van der Waals surface area contributed by atoms with E-state index in [1.807, 2.05) is 25.7 Å². The van der Waals surface area contributed by atoms with Crippen LogP contribution in [0.5, 0.6) is 0 Å². The highest BCUT2D eigenvalue weighted by Crippen LogP contribution is 2.19. The summed E-state index contributed by atoms with van der Waals surface area (Å²) in [5, 5.41) is 12.2. The molecule has 1 heterocycles. The predicted molar refractivity (Wildman–Crippen MR) is 84.8 cm³/mol. The minimum Gasteiger partial charge on any atom is -0.480 e. The number of carbonyl (C=O) groups is 2. The smallest absolute Gasteiger partial charge is 0.407 e. The number of amides is 1. The molecule has 0 radical (unpaired) electrons. The van der Waals surface area contributed by atoms with Gasteiger partial charge in [0.15, 0.2) is 0 Å². The number of carbonyl (C=O) groups excluding carboxylic acids is 1. The van der Waals surface area contributed by atoms with Gasteiger partial charge in [0, 0.05) is 12.6 Å². The van der Waals surface area contributed by atoms with Crippen molar-refractivity contribution < 1.29 is 19.4 Å². The summed E-state index contributed by atoms with van der Waals surface area (Å²) in [6.45, 7) is 11.0. The van der Waals surface area contributed by atoms with Crippen LogP contribution in [-0.2, 0) is 9.53 Å². The molecule has 22 heavy (non-hydrogen) atoms. The third-order valence-corrected chi connectivity index (χ3v) is 3.58. The number of hydrogen-bond donors (Lipinski definition) is 2. The third kappa shape index (κ3) is 6.64. The van der Waals surface area contributed by atoms with Crippen molar-refractivity contribution in [3.05, 3.63) is 0 Å². The fourth-order valence-electron chi connectivity index (χ4n) is 2.83. The van der Waals surface area contributed by atoms with Gasteiger partial charge in [-0.25, -0.2) is 4.79 Å². The number of likely N-dealkylation sites (tertiary alicyclic amines) is 1. The van der Waals surface area contributed by atoms with E-state index in [9.17, 15) is 14.7 Å². The second-order valence-corrected chi connectivity index (χ2v) is 7.46. The van der Waals surface area contributed by atoms with Crippen molar-refractivity contribution in [1.82, 2.24) is 10.2 Å². The first-order chi connectivity index (χ1) is 10.1. The Labute approximate surface area is 133 Å². The van der Waals surface area contributed by atoms with Crippen LogP contribution in [0.15, 0.2) is 0 Å². The van der Waals surface area contributed by atoms with Crippen molar-refractivity contribution in [3.8, 4) is 0 Å². The van der Waals surface area contributed by atoms with Crippen molar-refractivity contribution >= 4 is 12.1 Å². The van der Waals surface area contributed by atoms with Crippen molar-refractivity contribution in [3.63, 3.8) is 0 Å². The van der Waals surface area contributed by atoms with Crippen LogP contribution in [0.1, 0.15) is 53.9 Å². The Kier molecular flexibility index (Phi) is 6.66.